The van der Waals surface area contributed by atoms with E-state index in [0.29, 0.717) is 10.9 Å². The third kappa shape index (κ3) is 5.34. The number of rotatable bonds is 5. The van der Waals surface area contributed by atoms with Crippen LogP contribution in [0.2, 0.25) is 0 Å². The Hall–Kier alpha value is -1.34. The first-order valence-electron chi connectivity index (χ1n) is 6.24. The average molecular weight is 346 g/mol. The fourth-order valence-corrected chi connectivity index (χ4v) is 2.15. The van der Waals surface area contributed by atoms with Crippen LogP contribution in [0.4, 0.5) is 10.5 Å². The van der Waals surface area contributed by atoms with E-state index < -0.39 is 6.03 Å². The molecule has 0 aromatic carbocycles. The molecule has 3 N–H and O–H groups in total. The number of pyridine rings is 1. The van der Waals surface area contributed by atoms with E-state index in [1.165, 1.54) is 6.20 Å². The first-order chi connectivity index (χ1) is 9.23. The van der Waals surface area contributed by atoms with E-state index in [1.54, 1.807) is 13.2 Å². The Labute approximate surface area is 126 Å². The van der Waals surface area contributed by atoms with E-state index in [4.69, 9.17) is 4.74 Å². The van der Waals surface area contributed by atoms with Crippen molar-refractivity contribution in [3.8, 4) is 0 Å². The lowest BCUT2D eigenvalue weighted by molar-refractivity contribution is 0.00963. The lowest BCUT2D eigenvalue weighted by atomic mass is 10.00. The van der Waals surface area contributed by atoms with E-state index in [1.807, 2.05) is 20.8 Å². The summed E-state index contributed by atoms with van der Waals surface area (Å²) in [6.07, 6.45) is 2.17. The Kier molecular flexibility index (Phi) is 5.76. The van der Waals surface area contributed by atoms with E-state index in [-0.39, 0.29) is 22.9 Å². The standard InChI is InChI=1S/C13H20BrN3O3/c1-8(6-13(2,3)20-4)16-12(19)17-10-5-9(14)7-15-11(10)18/h5,7-8H,6H2,1-4H3,(H,15,18)(H2,16,17,19)/t8-/m1/s1. The predicted molar refractivity (Wildman–Crippen MR) is 82.1 cm³/mol. The number of ether oxygens (including phenoxy) is 1. The fraction of sp³-hybridized carbons (Fsp3) is 0.538. The third-order valence-corrected chi connectivity index (χ3v) is 3.30. The molecule has 20 heavy (non-hydrogen) atoms. The van der Waals surface area contributed by atoms with Gasteiger partial charge in [0.05, 0.1) is 5.60 Å². The Morgan fingerprint density at radius 2 is 2.20 bits per heavy atom. The first-order valence-corrected chi connectivity index (χ1v) is 7.04. The van der Waals surface area contributed by atoms with Gasteiger partial charge in [0.15, 0.2) is 0 Å². The van der Waals surface area contributed by atoms with Crippen molar-refractivity contribution >= 4 is 27.6 Å². The van der Waals surface area contributed by atoms with E-state index >= 15 is 0 Å². The molecule has 0 fully saturated rings. The molecule has 0 spiro atoms. The van der Waals surface area contributed by atoms with Crippen LogP contribution in [-0.2, 0) is 4.74 Å². The molecule has 0 saturated heterocycles. The highest BCUT2D eigenvalue weighted by Crippen LogP contribution is 2.15. The number of hydrogen-bond donors (Lipinski definition) is 3. The van der Waals surface area contributed by atoms with Crippen LogP contribution >= 0.6 is 15.9 Å². The van der Waals surface area contributed by atoms with Crippen molar-refractivity contribution in [2.75, 3.05) is 12.4 Å². The Balaban J connectivity index is 2.60. The van der Waals surface area contributed by atoms with Crippen LogP contribution in [0.5, 0.6) is 0 Å². The lowest BCUT2D eigenvalue weighted by Gasteiger charge is -2.27. The number of carbonyl (C=O) groups is 1. The van der Waals surface area contributed by atoms with Gasteiger partial charge in [-0.05, 0) is 49.2 Å². The van der Waals surface area contributed by atoms with Crippen molar-refractivity contribution in [2.45, 2.75) is 38.8 Å². The van der Waals surface area contributed by atoms with E-state index in [0.717, 1.165) is 0 Å². The largest absolute Gasteiger partial charge is 0.379 e. The minimum absolute atomic E-state index is 0.0869. The Morgan fingerprint density at radius 3 is 2.80 bits per heavy atom. The predicted octanol–water partition coefficient (Wildman–Crippen LogP) is 2.46. The SMILES string of the molecule is COC(C)(C)C[C@@H](C)NC(=O)Nc1cc(Br)c[nH]c1=O. The zero-order valence-electron chi connectivity index (χ0n) is 12.0. The smallest absolute Gasteiger partial charge is 0.319 e. The molecular formula is C13H20BrN3O3. The van der Waals surface area contributed by atoms with Gasteiger partial charge in [0.25, 0.3) is 5.56 Å². The van der Waals surface area contributed by atoms with Crippen molar-refractivity contribution in [1.29, 1.82) is 0 Å². The molecule has 0 unspecified atom stereocenters. The first kappa shape index (κ1) is 16.7. The summed E-state index contributed by atoms with van der Waals surface area (Å²) in [6, 6.07) is 1.03. The number of aromatic nitrogens is 1. The second-order valence-electron chi connectivity index (χ2n) is 5.23. The zero-order chi connectivity index (χ0) is 15.3. The number of H-pyrrole nitrogens is 1. The van der Waals surface area contributed by atoms with Crippen LogP contribution in [0, 0.1) is 0 Å². The van der Waals surface area contributed by atoms with Crippen molar-refractivity contribution in [2.24, 2.45) is 0 Å². The molecule has 1 aromatic heterocycles. The van der Waals surface area contributed by atoms with Crippen molar-refractivity contribution in [3.05, 3.63) is 27.1 Å². The van der Waals surface area contributed by atoms with Crippen LogP contribution < -0.4 is 16.2 Å². The number of halogens is 1. The topological polar surface area (TPSA) is 83.2 Å². The fourth-order valence-electron chi connectivity index (χ4n) is 1.80. The normalized spacial score (nSPS) is 12.8. The maximum absolute atomic E-state index is 11.8. The van der Waals surface area contributed by atoms with E-state index in [2.05, 4.69) is 31.5 Å². The lowest BCUT2D eigenvalue weighted by Crippen LogP contribution is -2.41. The van der Waals surface area contributed by atoms with Crippen molar-refractivity contribution in [3.63, 3.8) is 0 Å². The number of anilines is 1. The highest BCUT2D eigenvalue weighted by atomic mass is 79.9. The second kappa shape index (κ2) is 6.90. The summed E-state index contributed by atoms with van der Waals surface area (Å²) in [5.74, 6) is 0. The number of aromatic amines is 1. The number of carbonyl (C=O) groups excluding carboxylic acids is 1. The molecule has 112 valence electrons. The van der Waals surface area contributed by atoms with Gasteiger partial charge in [0, 0.05) is 23.8 Å². The molecule has 0 aliphatic rings. The summed E-state index contributed by atoms with van der Waals surface area (Å²) in [6.45, 7) is 5.77. The summed E-state index contributed by atoms with van der Waals surface area (Å²) >= 11 is 3.23. The molecule has 0 aliphatic carbocycles. The quantitative estimate of drug-likeness (QED) is 0.766. The molecule has 0 aliphatic heterocycles. The molecule has 0 bridgehead atoms. The Bertz CT molecular complexity index is 528. The second-order valence-corrected chi connectivity index (χ2v) is 6.14. The van der Waals surface area contributed by atoms with Gasteiger partial charge >= 0.3 is 6.03 Å². The summed E-state index contributed by atoms with van der Waals surface area (Å²) in [4.78, 5) is 25.9. The molecule has 1 heterocycles. The summed E-state index contributed by atoms with van der Waals surface area (Å²) in [7, 11) is 1.63. The third-order valence-electron chi connectivity index (χ3n) is 2.84. The number of nitrogens with one attached hydrogen (secondary N) is 3. The van der Waals surface area contributed by atoms with Gasteiger partial charge in [-0.1, -0.05) is 0 Å². The summed E-state index contributed by atoms with van der Waals surface area (Å²) < 4.78 is 5.99. The minimum atomic E-state index is -0.423. The monoisotopic (exact) mass is 345 g/mol. The molecule has 0 radical (unpaired) electrons. The highest BCUT2D eigenvalue weighted by molar-refractivity contribution is 9.10. The van der Waals surface area contributed by atoms with Crippen LogP contribution in [0.25, 0.3) is 0 Å². The molecule has 7 heteroatoms. The van der Waals surface area contributed by atoms with Crippen LogP contribution in [-0.4, -0.2) is 29.8 Å². The molecule has 1 rings (SSSR count). The average Bonchev–Trinajstić information content (AvgIpc) is 2.33. The van der Waals surface area contributed by atoms with Gasteiger partial charge in [0.1, 0.15) is 5.69 Å². The molecule has 2 amide bonds. The zero-order valence-corrected chi connectivity index (χ0v) is 13.6. The van der Waals surface area contributed by atoms with Crippen molar-refractivity contribution < 1.29 is 9.53 Å². The number of methoxy groups -OCH3 is 1. The van der Waals surface area contributed by atoms with Crippen molar-refractivity contribution in [1.82, 2.24) is 10.3 Å². The molecule has 1 atom stereocenters. The van der Waals surface area contributed by atoms with E-state index in [9.17, 15) is 9.59 Å². The number of urea groups is 1. The molecule has 0 saturated carbocycles. The summed E-state index contributed by atoms with van der Waals surface area (Å²) in [5, 5.41) is 5.29. The number of amides is 2. The van der Waals surface area contributed by atoms with Gasteiger partial charge in [-0.2, -0.15) is 0 Å². The molecule has 6 nitrogen and oxygen atoms in total. The maximum Gasteiger partial charge on any atom is 0.319 e. The van der Waals surface area contributed by atoms with Gasteiger partial charge in [-0.25, -0.2) is 4.79 Å². The van der Waals surface area contributed by atoms with Crippen LogP contribution in [0.1, 0.15) is 27.2 Å². The Morgan fingerprint density at radius 1 is 1.55 bits per heavy atom. The summed E-state index contributed by atoms with van der Waals surface area (Å²) in [5.41, 5.74) is -0.483. The van der Waals surface area contributed by atoms with Gasteiger partial charge in [-0.15, -0.1) is 0 Å². The van der Waals surface area contributed by atoms with Crippen LogP contribution in [0.3, 0.4) is 0 Å². The number of hydrogen-bond acceptors (Lipinski definition) is 3. The minimum Gasteiger partial charge on any atom is -0.379 e. The molecule has 1 aromatic rings. The maximum atomic E-state index is 11.8. The highest BCUT2D eigenvalue weighted by Gasteiger charge is 2.21. The van der Waals surface area contributed by atoms with Crippen LogP contribution in [0.15, 0.2) is 21.5 Å². The van der Waals surface area contributed by atoms with Gasteiger partial charge < -0.3 is 20.4 Å². The van der Waals surface area contributed by atoms with Gasteiger partial charge in [-0.3, -0.25) is 4.79 Å². The molecular weight excluding hydrogens is 326 g/mol. The van der Waals surface area contributed by atoms with Gasteiger partial charge in [0.2, 0.25) is 0 Å².